The van der Waals surface area contributed by atoms with Crippen molar-refractivity contribution in [2.75, 3.05) is 6.54 Å². The Hall–Kier alpha value is -1.44. The number of nitrogens with zero attached hydrogens (tertiary/aromatic N) is 1. The van der Waals surface area contributed by atoms with Crippen molar-refractivity contribution in [2.24, 2.45) is 0 Å². The highest BCUT2D eigenvalue weighted by Gasteiger charge is 2.23. The van der Waals surface area contributed by atoms with E-state index in [1.54, 1.807) is 12.3 Å². The van der Waals surface area contributed by atoms with E-state index in [0.29, 0.717) is 22.4 Å². The van der Waals surface area contributed by atoms with E-state index >= 15 is 0 Å². The van der Waals surface area contributed by atoms with Gasteiger partial charge in [-0.15, -0.1) is 11.3 Å². The smallest absolute Gasteiger partial charge is 0.250 e. The van der Waals surface area contributed by atoms with Crippen LogP contribution in [0.1, 0.15) is 69.6 Å². The molecule has 0 spiro atoms. The molecule has 1 saturated carbocycles. The molecule has 0 bridgehead atoms. The van der Waals surface area contributed by atoms with E-state index in [-0.39, 0.29) is 0 Å². The Bertz CT molecular complexity index is 905. The number of sulfonamides is 1. The monoisotopic (exact) mass is 406 g/mol. The van der Waals surface area contributed by atoms with Gasteiger partial charge >= 0.3 is 0 Å². The maximum atomic E-state index is 12.6. The van der Waals surface area contributed by atoms with E-state index in [1.165, 1.54) is 42.6 Å². The van der Waals surface area contributed by atoms with Crippen molar-refractivity contribution >= 4 is 21.4 Å². The number of hydrogen-bond acceptors (Lipinski definition) is 5. The van der Waals surface area contributed by atoms with Crippen molar-refractivity contribution in [1.29, 1.82) is 0 Å². The molecule has 0 aromatic carbocycles. The van der Waals surface area contributed by atoms with Gasteiger partial charge in [-0.3, -0.25) is 0 Å². The minimum atomic E-state index is -3.48. The van der Waals surface area contributed by atoms with Crippen LogP contribution in [0, 0.1) is 0 Å². The first-order valence-corrected chi connectivity index (χ1v) is 12.2. The van der Waals surface area contributed by atoms with Crippen LogP contribution in [0.25, 0.3) is 10.6 Å². The standard InChI is InChI=1S/C20H26N2O3S2/c23-27(24,22-13-12-15-6-2-1-3-7-15)19-11-10-18(26-19)17-14-21-20(25-17)16-8-4-5-9-16/h6,10-11,14,16,22H,1-5,7-9,12-13H2. The number of hydrogen-bond donors (Lipinski definition) is 1. The molecule has 0 atom stereocenters. The van der Waals surface area contributed by atoms with Gasteiger partial charge in [0.05, 0.1) is 11.1 Å². The number of rotatable bonds is 7. The van der Waals surface area contributed by atoms with Gasteiger partial charge in [0.25, 0.3) is 0 Å². The second-order valence-corrected chi connectivity index (χ2v) is 10.5. The van der Waals surface area contributed by atoms with Gasteiger partial charge in [0, 0.05) is 12.5 Å². The topological polar surface area (TPSA) is 72.2 Å². The maximum absolute atomic E-state index is 12.6. The quantitative estimate of drug-likeness (QED) is 0.639. The number of allylic oxidation sites excluding steroid dienone is 1. The first-order chi connectivity index (χ1) is 13.1. The molecule has 4 rings (SSSR count). The molecule has 0 unspecified atom stereocenters. The average Bonchev–Trinajstić information content (AvgIpc) is 3.42. The van der Waals surface area contributed by atoms with Gasteiger partial charge in [-0.2, -0.15) is 0 Å². The summed E-state index contributed by atoms with van der Waals surface area (Å²) in [4.78, 5) is 5.22. The molecule has 7 heteroatoms. The Labute approximate surface area is 164 Å². The number of oxazole rings is 1. The number of thiophene rings is 1. The molecule has 2 heterocycles. The third kappa shape index (κ3) is 4.52. The molecule has 1 N–H and O–H groups in total. The van der Waals surface area contributed by atoms with Crippen LogP contribution in [0.3, 0.4) is 0 Å². The van der Waals surface area contributed by atoms with Crippen LogP contribution in [0.5, 0.6) is 0 Å². The highest BCUT2D eigenvalue weighted by Crippen LogP contribution is 2.37. The molecule has 2 aliphatic rings. The summed E-state index contributed by atoms with van der Waals surface area (Å²) in [5.41, 5.74) is 1.37. The SMILES string of the molecule is O=S(=O)(NCCC1=CCCCC1)c1ccc(-c2cnc(C3CCCC3)o2)s1. The van der Waals surface area contributed by atoms with Crippen LogP contribution in [-0.4, -0.2) is 19.9 Å². The van der Waals surface area contributed by atoms with Crippen LogP contribution in [0.4, 0.5) is 0 Å². The highest BCUT2D eigenvalue weighted by molar-refractivity contribution is 7.91. The van der Waals surface area contributed by atoms with Crippen molar-refractivity contribution in [3.05, 3.63) is 35.9 Å². The van der Waals surface area contributed by atoms with Crippen molar-refractivity contribution in [3.8, 4) is 10.6 Å². The second-order valence-electron chi connectivity index (χ2n) is 7.42. The fraction of sp³-hybridized carbons (Fsp3) is 0.550. The summed E-state index contributed by atoms with van der Waals surface area (Å²) >= 11 is 1.24. The first-order valence-electron chi connectivity index (χ1n) is 9.85. The second kappa shape index (κ2) is 8.29. The van der Waals surface area contributed by atoms with Gasteiger partial charge in [0.2, 0.25) is 10.0 Å². The van der Waals surface area contributed by atoms with E-state index < -0.39 is 10.0 Å². The molecule has 2 aliphatic carbocycles. The highest BCUT2D eigenvalue weighted by atomic mass is 32.2. The summed E-state index contributed by atoms with van der Waals surface area (Å²) in [6, 6.07) is 3.46. The minimum absolute atomic E-state index is 0.328. The summed E-state index contributed by atoms with van der Waals surface area (Å²) in [7, 11) is -3.48. The van der Waals surface area contributed by atoms with Crippen LogP contribution in [0.2, 0.25) is 0 Å². The van der Waals surface area contributed by atoms with Gasteiger partial charge in [0.1, 0.15) is 4.21 Å². The molecule has 0 saturated heterocycles. The van der Waals surface area contributed by atoms with Crippen molar-refractivity contribution in [2.45, 2.75) is 67.9 Å². The molecular formula is C20H26N2O3S2. The van der Waals surface area contributed by atoms with Gasteiger partial charge < -0.3 is 4.42 Å². The van der Waals surface area contributed by atoms with E-state index in [2.05, 4.69) is 15.8 Å². The molecule has 146 valence electrons. The zero-order chi connectivity index (χ0) is 18.7. The predicted octanol–water partition coefficient (Wildman–Crippen LogP) is 5.23. The van der Waals surface area contributed by atoms with Crippen LogP contribution < -0.4 is 4.72 Å². The van der Waals surface area contributed by atoms with Crippen LogP contribution in [0.15, 0.2) is 38.6 Å². The van der Waals surface area contributed by atoms with E-state index in [0.717, 1.165) is 42.9 Å². The van der Waals surface area contributed by atoms with E-state index in [1.807, 2.05) is 6.07 Å². The first kappa shape index (κ1) is 18.9. The summed E-state index contributed by atoms with van der Waals surface area (Å²) < 4.78 is 34.1. The van der Waals surface area contributed by atoms with Gasteiger partial charge in [-0.05, 0) is 57.1 Å². The molecule has 5 nitrogen and oxygen atoms in total. The Morgan fingerprint density at radius 2 is 2.04 bits per heavy atom. The fourth-order valence-corrected chi connectivity index (χ4v) is 6.24. The lowest BCUT2D eigenvalue weighted by Gasteiger charge is -2.12. The molecule has 2 aromatic heterocycles. The van der Waals surface area contributed by atoms with Crippen LogP contribution >= 0.6 is 11.3 Å². The summed E-state index contributed by atoms with van der Waals surface area (Å²) in [5, 5.41) is 0. The Morgan fingerprint density at radius 3 is 2.81 bits per heavy atom. The molecule has 27 heavy (non-hydrogen) atoms. The molecule has 2 aromatic rings. The zero-order valence-electron chi connectivity index (χ0n) is 15.4. The maximum Gasteiger partial charge on any atom is 0.250 e. The van der Waals surface area contributed by atoms with Crippen LogP contribution in [-0.2, 0) is 10.0 Å². The predicted molar refractivity (Wildman–Crippen MR) is 107 cm³/mol. The molecule has 0 radical (unpaired) electrons. The van der Waals surface area contributed by atoms with Crippen molar-refractivity contribution in [1.82, 2.24) is 9.71 Å². The molecular weight excluding hydrogens is 380 g/mol. The van der Waals surface area contributed by atoms with E-state index in [4.69, 9.17) is 4.42 Å². The Balaban J connectivity index is 1.39. The van der Waals surface area contributed by atoms with Crippen molar-refractivity contribution in [3.63, 3.8) is 0 Å². The summed E-state index contributed by atoms with van der Waals surface area (Å²) in [6.07, 6.45) is 14.2. The molecule has 1 fully saturated rings. The lowest BCUT2D eigenvalue weighted by atomic mass is 9.97. The Kier molecular flexibility index (Phi) is 5.80. The number of nitrogens with one attached hydrogen (secondary N) is 1. The number of aromatic nitrogens is 1. The third-order valence-corrected chi connectivity index (χ3v) is 8.49. The largest absolute Gasteiger partial charge is 0.440 e. The fourth-order valence-electron chi connectivity index (χ4n) is 3.91. The summed E-state index contributed by atoms with van der Waals surface area (Å²) in [6.45, 7) is 0.454. The van der Waals surface area contributed by atoms with Gasteiger partial charge in [-0.1, -0.05) is 24.5 Å². The Morgan fingerprint density at radius 1 is 1.19 bits per heavy atom. The van der Waals surface area contributed by atoms with Gasteiger partial charge in [-0.25, -0.2) is 18.1 Å². The van der Waals surface area contributed by atoms with Crippen molar-refractivity contribution < 1.29 is 12.8 Å². The lowest BCUT2D eigenvalue weighted by molar-refractivity contribution is 0.458. The van der Waals surface area contributed by atoms with E-state index in [9.17, 15) is 8.42 Å². The third-order valence-electron chi connectivity index (χ3n) is 5.44. The molecule has 0 amide bonds. The zero-order valence-corrected chi connectivity index (χ0v) is 17.1. The minimum Gasteiger partial charge on any atom is -0.440 e. The normalized spacial score (nSPS) is 18.7. The molecule has 0 aliphatic heterocycles. The average molecular weight is 407 g/mol. The van der Waals surface area contributed by atoms with Gasteiger partial charge in [0.15, 0.2) is 11.7 Å². The summed E-state index contributed by atoms with van der Waals surface area (Å²) in [5.74, 6) is 1.87. The lowest BCUT2D eigenvalue weighted by Crippen LogP contribution is -2.24.